The molecule has 2 aromatic carbocycles. The Bertz CT molecular complexity index is 1150. The highest BCUT2D eigenvalue weighted by atomic mass is 16.4. The van der Waals surface area contributed by atoms with Crippen molar-refractivity contribution in [2.24, 2.45) is 0 Å². The maximum Gasteiger partial charge on any atom is 0.331 e. The third-order valence-corrected chi connectivity index (χ3v) is 4.33. The van der Waals surface area contributed by atoms with Crippen LogP contribution in [0, 0.1) is 6.92 Å². The summed E-state index contributed by atoms with van der Waals surface area (Å²) in [7, 11) is 0. The molecule has 2 heterocycles. The number of ketones is 1. The zero-order chi connectivity index (χ0) is 20.9. The molecule has 0 aliphatic carbocycles. The molecule has 0 saturated carbocycles. The second kappa shape index (κ2) is 8.31. The summed E-state index contributed by atoms with van der Waals surface area (Å²) in [4.78, 5) is 25.8. The van der Waals surface area contributed by atoms with Crippen LogP contribution < -0.4 is 4.90 Å². The summed E-state index contributed by atoms with van der Waals surface area (Å²) in [5.74, 6) is -0.328. The number of hydrogen-bond donors (Lipinski definition) is 0. The molecule has 0 N–H and O–H groups in total. The lowest BCUT2D eigenvalue weighted by molar-refractivity contribution is -0.104. The molecule has 0 aliphatic rings. The molecular weight excluding hydrogens is 386 g/mol. The SMILES string of the molecule is Cc1ccccc1C(=O)C(C=O)=Cc1ccc(N(c2nnco2)c2nnco2)cc1. The van der Waals surface area contributed by atoms with Gasteiger partial charge in [-0.15, -0.1) is 10.2 Å². The number of Topliss-reactive ketones (excluding diaryl/α,β-unsaturated/α-hetero) is 1. The van der Waals surface area contributed by atoms with Gasteiger partial charge in [-0.05, 0) is 36.3 Å². The third kappa shape index (κ3) is 3.76. The van der Waals surface area contributed by atoms with Crippen molar-refractivity contribution in [3.63, 3.8) is 0 Å². The second-order valence-electron chi connectivity index (χ2n) is 6.23. The van der Waals surface area contributed by atoms with Crippen LogP contribution in [0.5, 0.6) is 0 Å². The molecule has 0 unspecified atom stereocenters. The van der Waals surface area contributed by atoms with E-state index in [4.69, 9.17) is 8.83 Å². The summed E-state index contributed by atoms with van der Waals surface area (Å²) in [6.45, 7) is 1.83. The number of aldehydes is 1. The van der Waals surface area contributed by atoms with Crippen molar-refractivity contribution in [1.29, 1.82) is 0 Å². The van der Waals surface area contributed by atoms with E-state index in [-0.39, 0.29) is 23.4 Å². The van der Waals surface area contributed by atoms with E-state index in [1.165, 1.54) is 23.8 Å². The molecule has 0 fully saturated rings. The van der Waals surface area contributed by atoms with E-state index in [0.717, 1.165) is 5.56 Å². The van der Waals surface area contributed by atoms with Crippen LogP contribution in [0.2, 0.25) is 0 Å². The molecule has 30 heavy (non-hydrogen) atoms. The van der Waals surface area contributed by atoms with Gasteiger partial charge in [0.2, 0.25) is 12.8 Å². The number of carbonyl (C=O) groups is 2. The van der Waals surface area contributed by atoms with E-state index in [1.807, 2.05) is 19.1 Å². The van der Waals surface area contributed by atoms with Crippen LogP contribution in [0.1, 0.15) is 21.5 Å². The van der Waals surface area contributed by atoms with Crippen LogP contribution in [0.25, 0.3) is 6.08 Å². The molecule has 0 amide bonds. The summed E-state index contributed by atoms with van der Waals surface area (Å²) in [5, 5.41) is 15.1. The van der Waals surface area contributed by atoms with Crippen molar-refractivity contribution in [3.05, 3.63) is 83.6 Å². The Labute approximate surface area is 170 Å². The second-order valence-corrected chi connectivity index (χ2v) is 6.23. The maximum atomic E-state index is 12.7. The maximum absolute atomic E-state index is 12.7. The van der Waals surface area contributed by atoms with Crippen LogP contribution in [0.4, 0.5) is 17.7 Å². The van der Waals surface area contributed by atoms with Crippen LogP contribution in [0.15, 0.2) is 75.7 Å². The van der Waals surface area contributed by atoms with E-state index >= 15 is 0 Å². The Kier molecular flexibility index (Phi) is 5.25. The van der Waals surface area contributed by atoms with Crippen molar-refractivity contribution in [2.45, 2.75) is 6.92 Å². The van der Waals surface area contributed by atoms with E-state index in [9.17, 15) is 9.59 Å². The zero-order valence-corrected chi connectivity index (χ0v) is 15.8. The minimum Gasteiger partial charge on any atom is -0.410 e. The summed E-state index contributed by atoms with van der Waals surface area (Å²) < 4.78 is 10.5. The van der Waals surface area contributed by atoms with Gasteiger partial charge in [0.1, 0.15) is 0 Å². The molecule has 148 valence electrons. The van der Waals surface area contributed by atoms with Crippen molar-refractivity contribution in [2.75, 3.05) is 4.90 Å². The molecule has 0 atom stereocenters. The first-order valence-corrected chi connectivity index (χ1v) is 8.87. The number of anilines is 3. The number of aryl methyl sites for hydroxylation is 1. The standard InChI is InChI=1S/C21H15N5O4/c1-14-4-2-3-5-18(14)19(28)16(11-27)10-15-6-8-17(9-7-15)26(20-24-22-12-29-20)21-25-23-13-30-21/h2-13H,1H3. The Morgan fingerprint density at radius 2 is 1.57 bits per heavy atom. The van der Waals surface area contributed by atoms with E-state index in [2.05, 4.69) is 20.4 Å². The molecule has 0 bridgehead atoms. The topological polar surface area (TPSA) is 115 Å². The van der Waals surface area contributed by atoms with Gasteiger partial charge in [-0.2, -0.15) is 0 Å². The molecular formula is C21H15N5O4. The highest BCUT2D eigenvalue weighted by Gasteiger charge is 2.21. The lowest BCUT2D eigenvalue weighted by Gasteiger charge is -2.15. The number of nitrogens with zero attached hydrogens (tertiary/aromatic N) is 5. The first-order chi connectivity index (χ1) is 14.7. The summed E-state index contributed by atoms with van der Waals surface area (Å²) >= 11 is 0. The van der Waals surface area contributed by atoms with Crippen LogP contribution in [-0.4, -0.2) is 32.5 Å². The van der Waals surface area contributed by atoms with E-state index < -0.39 is 0 Å². The Balaban J connectivity index is 1.65. The Morgan fingerprint density at radius 3 is 2.10 bits per heavy atom. The van der Waals surface area contributed by atoms with Gasteiger partial charge in [0.15, 0.2) is 12.1 Å². The quantitative estimate of drug-likeness (QED) is 0.150. The van der Waals surface area contributed by atoms with Crippen molar-refractivity contribution >= 4 is 35.9 Å². The lowest BCUT2D eigenvalue weighted by atomic mass is 9.98. The average Bonchev–Trinajstić information content (AvgIpc) is 3.48. The number of allylic oxidation sites excluding steroid dienone is 1. The van der Waals surface area contributed by atoms with Crippen LogP contribution >= 0.6 is 0 Å². The summed E-state index contributed by atoms with van der Waals surface area (Å²) in [6.07, 6.45) is 4.47. The minimum absolute atomic E-state index is 0.0581. The van der Waals surface area contributed by atoms with Crippen LogP contribution in [0.3, 0.4) is 0 Å². The summed E-state index contributed by atoms with van der Waals surface area (Å²) in [5.41, 5.74) is 2.63. The fraction of sp³-hybridized carbons (Fsp3) is 0.0476. The van der Waals surface area contributed by atoms with Gasteiger partial charge in [-0.25, -0.2) is 4.90 Å². The van der Waals surface area contributed by atoms with Gasteiger partial charge in [-0.3, -0.25) is 9.59 Å². The van der Waals surface area contributed by atoms with Gasteiger partial charge < -0.3 is 8.83 Å². The first kappa shape index (κ1) is 18.9. The van der Waals surface area contributed by atoms with Crippen LogP contribution in [-0.2, 0) is 4.79 Å². The number of aromatic nitrogens is 4. The molecule has 0 spiro atoms. The molecule has 0 saturated heterocycles. The average molecular weight is 401 g/mol. The fourth-order valence-electron chi connectivity index (χ4n) is 2.87. The monoisotopic (exact) mass is 401 g/mol. The van der Waals surface area contributed by atoms with Gasteiger partial charge >= 0.3 is 12.0 Å². The van der Waals surface area contributed by atoms with E-state index in [1.54, 1.807) is 36.4 Å². The van der Waals surface area contributed by atoms with Crippen molar-refractivity contribution < 1.29 is 18.4 Å². The zero-order valence-electron chi connectivity index (χ0n) is 15.8. The molecule has 9 heteroatoms. The lowest BCUT2D eigenvalue weighted by Crippen LogP contribution is -2.11. The largest absolute Gasteiger partial charge is 0.410 e. The smallest absolute Gasteiger partial charge is 0.331 e. The molecule has 2 aromatic heterocycles. The molecule has 4 aromatic rings. The van der Waals surface area contributed by atoms with Gasteiger partial charge in [0, 0.05) is 5.56 Å². The minimum atomic E-state index is -0.328. The highest BCUT2D eigenvalue weighted by molar-refractivity contribution is 6.23. The molecule has 0 radical (unpaired) electrons. The number of hydrogen-bond acceptors (Lipinski definition) is 9. The van der Waals surface area contributed by atoms with Crippen molar-refractivity contribution in [1.82, 2.24) is 20.4 Å². The highest BCUT2D eigenvalue weighted by Crippen LogP contribution is 2.31. The normalized spacial score (nSPS) is 11.3. The molecule has 0 aliphatic heterocycles. The van der Waals surface area contributed by atoms with Gasteiger partial charge in [-0.1, -0.05) is 46.6 Å². The summed E-state index contributed by atoms with van der Waals surface area (Å²) in [6, 6.07) is 14.4. The first-order valence-electron chi connectivity index (χ1n) is 8.87. The Hall–Kier alpha value is -4.40. The van der Waals surface area contributed by atoms with Crippen molar-refractivity contribution in [3.8, 4) is 0 Å². The molecule has 9 nitrogen and oxygen atoms in total. The predicted molar refractivity (Wildman–Crippen MR) is 106 cm³/mol. The predicted octanol–water partition coefficient (Wildman–Crippen LogP) is 3.70. The Morgan fingerprint density at radius 1 is 0.933 bits per heavy atom. The fourth-order valence-corrected chi connectivity index (χ4v) is 2.87. The number of rotatable bonds is 7. The number of carbonyl (C=O) groups excluding carboxylic acids is 2. The molecule has 4 rings (SSSR count). The van der Waals surface area contributed by atoms with Gasteiger partial charge in [0.05, 0.1) is 11.3 Å². The third-order valence-electron chi connectivity index (χ3n) is 4.33. The van der Waals surface area contributed by atoms with Gasteiger partial charge in [0.25, 0.3) is 0 Å². The number of benzene rings is 2. The van der Waals surface area contributed by atoms with E-state index in [0.29, 0.717) is 23.1 Å².